The zero-order chi connectivity index (χ0) is 22.3. The topological polar surface area (TPSA) is 84.4 Å². The summed E-state index contributed by atoms with van der Waals surface area (Å²) in [6, 6.07) is 14.9. The van der Waals surface area contributed by atoms with Crippen molar-refractivity contribution in [2.45, 2.75) is 44.2 Å². The highest BCUT2D eigenvalue weighted by Crippen LogP contribution is 2.30. The number of aromatic nitrogens is 2. The van der Waals surface area contributed by atoms with Crippen molar-refractivity contribution in [2.75, 3.05) is 17.8 Å². The lowest BCUT2D eigenvalue weighted by atomic mass is 10.00. The van der Waals surface area contributed by atoms with Crippen LogP contribution >= 0.6 is 0 Å². The van der Waals surface area contributed by atoms with E-state index < -0.39 is 10.0 Å². The maximum absolute atomic E-state index is 13.1. The molecule has 2 unspecified atom stereocenters. The van der Waals surface area contributed by atoms with Crippen molar-refractivity contribution in [3.05, 3.63) is 65.2 Å². The van der Waals surface area contributed by atoms with Gasteiger partial charge in [0.1, 0.15) is 6.10 Å². The van der Waals surface area contributed by atoms with Crippen LogP contribution in [0.4, 0.5) is 5.95 Å². The molecule has 3 aromatic rings. The maximum Gasteiger partial charge on any atom is 0.264 e. The minimum atomic E-state index is -3.85. The fourth-order valence-electron chi connectivity index (χ4n) is 4.55. The van der Waals surface area contributed by atoms with E-state index in [1.54, 1.807) is 18.2 Å². The minimum absolute atomic E-state index is 0.0115. The van der Waals surface area contributed by atoms with Crippen molar-refractivity contribution >= 4 is 16.0 Å². The third-order valence-corrected chi connectivity index (χ3v) is 7.36. The summed E-state index contributed by atoms with van der Waals surface area (Å²) in [5.74, 6) is 0.394. The highest BCUT2D eigenvalue weighted by Gasteiger charge is 2.25. The van der Waals surface area contributed by atoms with Crippen molar-refractivity contribution in [1.82, 2.24) is 14.9 Å². The molecule has 2 aromatic carbocycles. The first kappa shape index (κ1) is 20.9. The Morgan fingerprint density at radius 3 is 2.66 bits per heavy atom. The van der Waals surface area contributed by atoms with Gasteiger partial charge in [-0.3, -0.25) is 4.90 Å². The largest absolute Gasteiger partial charge is 0.473 e. The van der Waals surface area contributed by atoms with E-state index in [-0.39, 0.29) is 16.9 Å². The SMILES string of the molecule is Cc1cccc(C)c1-c1cc2nc(n1)NS(=O)(=O)c1cccc(c1)CN1CCCC(C1)O2. The molecule has 1 aromatic heterocycles. The molecule has 32 heavy (non-hydrogen) atoms. The van der Waals surface area contributed by atoms with Crippen LogP contribution < -0.4 is 9.46 Å². The quantitative estimate of drug-likeness (QED) is 0.605. The van der Waals surface area contributed by atoms with E-state index in [2.05, 4.69) is 19.6 Å². The summed E-state index contributed by atoms with van der Waals surface area (Å²) >= 11 is 0. The van der Waals surface area contributed by atoms with Crippen molar-refractivity contribution in [3.8, 4) is 17.1 Å². The normalized spacial score (nSPS) is 21.8. The number of nitrogens with zero attached hydrogens (tertiary/aromatic N) is 3. The van der Waals surface area contributed by atoms with E-state index in [4.69, 9.17) is 4.74 Å². The zero-order valence-electron chi connectivity index (χ0n) is 18.2. The third kappa shape index (κ3) is 4.20. The predicted octanol–water partition coefficient (Wildman–Crippen LogP) is 3.92. The second kappa shape index (κ2) is 8.18. The number of hydrogen-bond donors (Lipinski definition) is 1. The molecule has 0 radical (unpaired) electrons. The number of ether oxygens (including phenoxy) is 1. The molecule has 0 amide bonds. The Bertz CT molecular complexity index is 1260. The summed E-state index contributed by atoms with van der Waals surface area (Å²) in [6.07, 6.45) is 1.93. The number of nitrogens with one attached hydrogen (secondary N) is 1. The number of fused-ring (bicyclic) bond motifs is 6. The molecule has 7 nitrogen and oxygen atoms in total. The number of rotatable bonds is 1. The molecule has 0 saturated carbocycles. The van der Waals surface area contributed by atoms with Gasteiger partial charge in [0.05, 0.1) is 10.6 Å². The average Bonchev–Trinajstić information content (AvgIpc) is 2.73. The van der Waals surface area contributed by atoms with Gasteiger partial charge in [0, 0.05) is 24.7 Å². The van der Waals surface area contributed by atoms with Crippen molar-refractivity contribution < 1.29 is 13.2 Å². The molecule has 1 saturated heterocycles. The lowest BCUT2D eigenvalue weighted by Crippen LogP contribution is -2.40. The van der Waals surface area contributed by atoms with Crippen LogP contribution in [0, 0.1) is 13.8 Å². The molecule has 2 aliphatic rings. The van der Waals surface area contributed by atoms with Crippen LogP contribution in [-0.4, -0.2) is 42.5 Å². The monoisotopic (exact) mass is 450 g/mol. The van der Waals surface area contributed by atoms with Gasteiger partial charge in [0.2, 0.25) is 11.8 Å². The standard InChI is InChI=1S/C24H26N4O3S/c1-16-6-3-7-17(2)23(16)21-13-22-26-24(25-21)27-32(29,30)20-10-4-8-18(12-20)14-28-11-5-9-19(15-28)31-22/h3-4,6-8,10,12-13,19H,5,9,11,14-15H2,1-2H3,(H,25,26,27). The highest BCUT2D eigenvalue weighted by molar-refractivity contribution is 7.92. The van der Waals surface area contributed by atoms with Crippen LogP contribution in [0.3, 0.4) is 0 Å². The van der Waals surface area contributed by atoms with E-state index in [1.165, 1.54) is 0 Å². The molecular weight excluding hydrogens is 424 g/mol. The van der Waals surface area contributed by atoms with Crippen LogP contribution in [-0.2, 0) is 16.6 Å². The summed E-state index contributed by atoms with van der Waals surface area (Å²) in [5, 5.41) is 0. The molecule has 8 heteroatoms. The Labute approximate surface area is 188 Å². The summed E-state index contributed by atoms with van der Waals surface area (Å²) in [6.45, 7) is 6.43. The second-order valence-electron chi connectivity index (χ2n) is 8.55. The number of sulfonamides is 1. The first-order valence-electron chi connectivity index (χ1n) is 10.8. The van der Waals surface area contributed by atoms with Crippen molar-refractivity contribution in [3.63, 3.8) is 0 Å². The van der Waals surface area contributed by atoms with E-state index >= 15 is 0 Å². The Morgan fingerprint density at radius 2 is 1.84 bits per heavy atom. The molecule has 3 heterocycles. The van der Waals surface area contributed by atoms with Gasteiger partial charge in [-0.2, -0.15) is 4.98 Å². The maximum atomic E-state index is 13.1. The molecule has 166 valence electrons. The van der Waals surface area contributed by atoms with E-state index in [0.717, 1.165) is 48.2 Å². The predicted molar refractivity (Wildman–Crippen MR) is 123 cm³/mol. The summed E-state index contributed by atoms with van der Waals surface area (Å²) in [7, 11) is -3.85. The minimum Gasteiger partial charge on any atom is -0.473 e. The Morgan fingerprint density at radius 1 is 1.06 bits per heavy atom. The van der Waals surface area contributed by atoms with Gasteiger partial charge < -0.3 is 4.74 Å². The number of aryl methyl sites for hydroxylation is 2. The fourth-order valence-corrected chi connectivity index (χ4v) is 5.56. The van der Waals surface area contributed by atoms with Crippen LogP contribution in [0.5, 0.6) is 5.88 Å². The zero-order valence-corrected chi connectivity index (χ0v) is 19.0. The number of piperidine rings is 1. The van der Waals surface area contributed by atoms with Crippen LogP contribution in [0.2, 0.25) is 0 Å². The van der Waals surface area contributed by atoms with Gasteiger partial charge >= 0.3 is 0 Å². The van der Waals surface area contributed by atoms with Gasteiger partial charge in [0.25, 0.3) is 10.0 Å². The van der Waals surface area contributed by atoms with Gasteiger partial charge in [0.15, 0.2) is 0 Å². The van der Waals surface area contributed by atoms with Gasteiger partial charge in [-0.15, -0.1) is 0 Å². The van der Waals surface area contributed by atoms with Crippen LogP contribution in [0.15, 0.2) is 53.4 Å². The van der Waals surface area contributed by atoms with Gasteiger partial charge in [-0.1, -0.05) is 30.3 Å². The van der Waals surface area contributed by atoms with Crippen molar-refractivity contribution in [2.24, 2.45) is 0 Å². The lowest BCUT2D eigenvalue weighted by molar-refractivity contribution is 0.0809. The number of anilines is 1. The first-order chi connectivity index (χ1) is 15.4. The van der Waals surface area contributed by atoms with Gasteiger partial charge in [-0.05, 0) is 62.1 Å². The number of benzene rings is 2. The molecule has 1 N–H and O–H groups in total. The number of hydrogen-bond acceptors (Lipinski definition) is 6. The second-order valence-corrected chi connectivity index (χ2v) is 10.2. The fraction of sp³-hybridized carbons (Fsp3) is 0.333. The average molecular weight is 451 g/mol. The molecule has 2 aliphatic heterocycles. The van der Waals surface area contributed by atoms with E-state index in [9.17, 15) is 8.42 Å². The third-order valence-electron chi connectivity index (χ3n) is 6.03. The molecule has 0 spiro atoms. The molecule has 2 atom stereocenters. The Kier molecular flexibility index (Phi) is 5.35. The highest BCUT2D eigenvalue weighted by atomic mass is 32.2. The summed E-state index contributed by atoms with van der Waals surface area (Å²) in [4.78, 5) is 11.5. The molecule has 0 aliphatic carbocycles. The molecular formula is C24H26N4O3S. The van der Waals surface area contributed by atoms with E-state index in [1.807, 2.05) is 44.2 Å². The first-order valence-corrected chi connectivity index (χ1v) is 12.3. The summed E-state index contributed by atoms with van der Waals surface area (Å²) < 4.78 is 35.1. The molecule has 6 bridgehead atoms. The molecule has 5 rings (SSSR count). The van der Waals surface area contributed by atoms with Gasteiger partial charge in [-0.25, -0.2) is 18.1 Å². The smallest absolute Gasteiger partial charge is 0.264 e. The Balaban J connectivity index is 1.66. The lowest BCUT2D eigenvalue weighted by Gasteiger charge is -2.32. The van der Waals surface area contributed by atoms with Crippen LogP contribution in [0.1, 0.15) is 29.5 Å². The molecule has 1 fully saturated rings. The van der Waals surface area contributed by atoms with E-state index in [0.29, 0.717) is 18.1 Å². The summed E-state index contributed by atoms with van der Waals surface area (Å²) in [5.41, 5.74) is 4.66. The Hall–Kier alpha value is -2.97. The van der Waals surface area contributed by atoms with Crippen LogP contribution in [0.25, 0.3) is 11.3 Å². The van der Waals surface area contributed by atoms with Crippen molar-refractivity contribution in [1.29, 1.82) is 0 Å².